The predicted octanol–water partition coefficient (Wildman–Crippen LogP) is 2.72. The van der Waals surface area contributed by atoms with Gasteiger partial charge in [0.1, 0.15) is 0 Å². The van der Waals surface area contributed by atoms with Crippen molar-refractivity contribution < 1.29 is 13.2 Å². The van der Waals surface area contributed by atoms with E-state index >= 15 is 0 Å². The summed E-state index contributed by atoms with van der Waals surface area (Å²) in [6.45, 7) is 0.958. The Balaban J connectivity index is 1.68. The number of hydrogen-bond donors (Lipinski definition) is 2. The zero-order valence-electron chi connectivity index (χ0n) is 15.4. The summed E-state index contributed by atoms with van der Waals surface area (Å²) in [5, 5.41) is 6.13. The zero-order chi connectivity index (χ0) is 18.6. The minimum absolute atomic E-state index is 0.0699. The molecule has 6 nitrogen and oxygen atoms in total. The van der Waals surface area contributed by atoms with E-state index in [4.69, 9.17) is 0 Å². The van der Waals surface area contributed by atoms with Gasteiger partial charge in [-0.1, -0.05) is 25.3 Å². The Morgan fingerprint density at radius 2 is 1.96 bits per heavy atom. The van der Waals surface area contributed by atoms with Crippen LogP contribution >= 0.6 is 0 Å². The maximum atomic E-state index is 13.0. The second-order valence-electron chi connectivity index (χ2n) is 7.39. The zero-order valence-corrected chi connectivity index (χ0v) is 16.2. The summed E-state index contributed by atoms with van der Waals surface area (Å²) < 4.78 is 27.4. The van der Waals surface area contributed by atoms with E-state index in [1.807, 2.05) is 0 Å². The predicted molar refractivity (Wildman–Crippen MR) is 103 cm³/mol. The van der Waals surface area contributed by atoms with Crippen LogP contribution in [-0.4, -0.2) is 44.3 Å². The molecule has 1 aromatic rings. The van der Waals surface area contributed by atoms with Crippen molar-refractivity contribution in [1.82, 2.24) is 9.62 Å². The molecule has 0 bridgehead atoms. The molecular formula is C19H29N3O3S. The monoisotopic (exact) mass is 379 g/mol. The summed E-state index contributed by atoms with van der Waals surface area (Å²) >= 11 is 0. The molecule has 1 saturated heterocycles. The molecule has 1 aromatic carbocycles. The second-order valence-corrected chi connectivity index (χ2v) is 9.38. The molecule has 1 aliphatic carbocycles. The summed E-state index contributed by atoms with van der Waals surface area (Å²) in [4.78, 5) is 12.4. The summed E-state index contributed by atoms with van der Waals surface area (Å²) in [5.74, 6) is -0.0837. The molecule has 1 amide bonds. The van der Waals surface area contributed by atoms with Crippen molar-refractivity contribution in [3.05, 3.63) is 24.3 Å². The van der Waals surface area contributed by atoms with Gasteiger partial charge in [0.2, 0.25) is 15.9 Å². The molecule has 0 aromatic heterocycles. The Labute approximate surface area is 156 Å². The largest absolute Gasteiger partial charge is 0.326 e. The molecule has 1 heterocycles. The van der Waals surface area contributed by atoms with Crippen LogP contribution in [0.2, 0.25) is 0 Å². The van der Waals surface area contributed by atoms with E-state index in [-0.39, 0.29) is 22.9 Å². The van der Waals surface area contributed by atoms with Gasteiger partial charge in [-0.3, -0.25) is 4.79 Å². The number of nitrogens with zero attached hydrogens (tertiary/aromatic N) is 1. The Bertz CT molecular complexity index is 723. The molecule has 1 atom stereocenters. The standard InChI is InChI=1S/C19H29N3O3S/c1-22(17-9-3-2-4-10-17)26(24,25)18-11-5-7-16(13-18)21-19(23)14-15-8-6-12-20-15/h5,7,11,13,15,17,20H,2-4,6,8-10,12,14H2,1H3,(H,21,23). The van der Waals surface area contributed by atoms with Gasteiger partial charge in [0.15, 0.2) is 0 Å². The highest BCUT2D eigenvalue weighted by Crippen LogP contribution is 2.27. The number of sulfonamides is 1. The molecule has 144 valence electrons. The van der Waals surface area contributed by atoms with E-state index in [0.717, 1.165) is 45.1 Å². The third kappa shape index (κ3) is 4.64. The molecule has 1 unspecified atom stereocenters. The number of carbonyl (C=O) groups is 1. The fourth-order valence-electron chi connectivity index (χ4n) is 3.91. The first kappa shape index (κ1) is 19.3. The van der Waals surface area contributed by atoms with Crippen LogP contribution in [0.25, 0.3) is 0 Å². The number of benzene rings is 1. The van der Waals surface area contributed by atoms with E-state index in [2.05, 4.69) is 10.6 Å². The highest BCUT2D eigenvalue weighted by molar-refractivity contribution is 7.89. The minimum Gasteiger partial charge on any atom is -0.326 e. The van der Waals surface area contributed by atoms with Crippen molar-refractivity contribution in [2.45, 2.75) is 68.3 Å². The molecule has 1 aliphatic heterocycles. The van der Waals surface area contributed by atoms with Gasteiger partial charge < -0.3 is 10.6 Å². The van der Waals surface area contributed by atoms with Gasteiger partial charge in [-0.2, -0.15) is 4.31 Å². The molecule has 7 heteroatoms. The van der Waals surface area contributed by atoms with Crippen molar-refractivity contribution in [2.24, 2.45) is 0 Å². The fourth-order valence-corrected chi connectivity index (χ4v) is 5.37. The van der Waals surface area contributed by atoms with Gasteiger partial charge in [0.05, 0.1) is 4.90 Å². The van der Waals surface area contributed by atoms with E-state index < -0.39 is 10.0 Å². The highest BCUT2D eigenvalue weighted by Gasteiger charge is 2.29. The summed E-state index contributed by atoms with van der Waals surface area (Å²) in [6, 6.07) is 6.88. The number of amides is 1. The van der Waals surface area contributed by atoms with E-state index in [0.29, 0.717) is 12.1 Å². The molecule has 2 N–H and O–H groups in total. The molecule has 26 heavy (non-hydrogen) atoms. The number of nitrogens with one attached hydrogen (secondary N) is 2. The van der Waals surface area contributed by atoms with Crippen molar-refractivity contribution >= 4 is 21.6 Å². The van der Waals surface area contributed by atoms with Crippen LogP contribution in [0, 0.1) is 0 Å². The van der Waals surface area contributed by atoms with Crippen LogP contribution in [-0.2, 0) is 14.8 Å². The average Bonchev–Trinajstić information content (AvgIpc) is 3.14. The second kappa shape index (κ2) is 8.50. The maximum Gasteiger partial charge on any atom is 0.243 e. The van der Waals surface area contributed by atoms with Crippen LogP contribution in [0.15, 0.2) is 29.2 Å². The van der Waals surface area contributed by atoms with E-state index in [1.54, 1.807) is 31.3 Å². The Hall–Kier alpha value is -1.44. The Kier molecular flexibility index (Phi) is 6.32. The summed E-state index contributed by atoms with van der Waals surface area (Å²) in [5.41, 5.74) is 0.533. The molecule has 1 saturated carbocycles. The van der Waals surface area contributed by atoms with Crippen LogP contribution in [0.3, 0.4) is 0 Å². The molecule has 0 radical (unpaired) electrons. The molecule has 0 spiro atoms. The first-order valence-electron chi connectivity index (χ1n) is 9.58. The van der Waals surface area contributed by atoms with Crippen LogP contribution < -0.4 is 10.6 Å². The van der Waals surface area contributed by atoms with Crippen molar-refractivity contribution in [3.63, 3.8) is 0 Å². The Morgan fingerprint density at radius 1 is 1.19 bits per heavy atom. The van der Waals surface area contributed by atoms with Gasteiger partial charge in [-0.25, -0.2) is 8.42 Å². The summed E-state index contributed by atoms with van der Waals surface area (Å²) in [7, 11) is -1.88. The van der Waals surface area contributed by atoms with E-state index in [9.17, 15) is 13.2 Å². The molecule has 2 fully saturated rings. The molecule has 2 aliphatic rings. The smallest absolute Gasteiger partial charge is 0.243 e. The van der Waals surface area contributed by atoms with E-state index in [1.165, 1.54) is 10.7 Å². The van der Waals surface area contributed by atoms with Gasteiger partial charge in [-0.15, -0.1) is 0 Å². The lowest BCUT2D eigenvalue weighted by Crippen LogP contribution is -2.38. The van der Waals surface area contributed by atoms with Crippen molar-refractivity contribution in [2.75, 3.05) is 18.9 Å². The fraction of sp³-hybridized carbons (Fsp3) is 0.632. The van der Waals surface area contributed by atoms with Crippen LogP contribution in [0.5, 0.6) is 0 Å². The van der Waals surface area contributed by atoms with Crippen molar-refractivity contribution in [1.29, 1.82) is 0 Å². The quantitative estimate of drug-likeness (QED) is 0.797. The summed E-state index contributed by atoms with van der Waals surface area (Å²) in [6.07, 6.45) is 7.70. The van der Waals surface area contributed by atoms with Gasteiger partial charge in [0, 0.05) is 31.2 Å². The highest BCUT2D eigenvalue weighted by atomic mass is 32.2. The maximum absolute atomic E-state index is 13.0. The number of anilines is 1. The normalized spacial score (nSPS) is 21.8. The number of hydrogen-bond acceptors (Lipinski definition) is 4. The number of rotatable bonds is 6. The van der Waals surface area contributed by atoms with Gasteiger partial charge in [0.25, 0.3) is 0 Å². The first-order valence-corrected chi connectivity index (χ1v) is 11.0. The van der Waals surface area contributed by atoms with Gasteiger partial charge in [-0.05, 0) is 50.4 Å². The SMILES string of the molecule is CN(C1CCCCC1)S(=O)(=O)c1cccc(NC(=O)CC2CCCN2)c1. The van der Waals surface area contributed by atoms with Crippen molar-refractivity contribution in [3.8, 4) is 0 Å². The van der Waals surface area contributed by atoms with Gasteiger partial charge >= 0.3 is 0 Å². The third-order valence-corrected chi connectivity index (χ3v) is 7.38. The van der Waals surface area contributed by atoms with Crippen LogP contribution in [0.1, 0.15) is 51.4 Å². The average molecular weight is 380 g/mol. The lowest BCUT2D eigenvalue weighted by Gasteiger charge is -2.30. The first-order chi connectivity index (χ1) is 12.5. The lowest BCUT2D eigenvalue weighted by molar-refractivity contribution is -0.116. The molecular weight excluding hydrogens is 350 g/mol. The number of carbonyl (C=O) groups excluding carboxylic acids is 1. The lowest BCUT2D eigenvalue weighted by atomic mass is 9.96. The minimum atomic E-state index is -3.55. The molecule has 3 rings (SSSR count). The Morgan fingerprint density at radius 3 is 2.65 bits per heavy atom. The van der Waals surface area contributed by atoms with Crippen LogP contribution in [0.4, 0.5) is 5.69 Å². The topological polar surface area (TPSA) is 78.5 Å². The third-order valence-electron chi connectivity index (χ3n) is 5.48.